The maximum absolute atomic E-state index is 11.2. The largest absolute Gasteiger partial charge is 0.383 e. The van der Waals surface area contributed by atoms with Crippen molar-refractivity contribution in [1.29, 1.82) is 0 Å². The Kier molecular flexibility index (Phi) is 4.13. The lowest BCUT2D eigenvalue weighted by Gasteiger charge is -2.08. The highest BCUT2D eigenvalue weighted by molar-refractivity contribution is 5.80. The Hall–Kier alpha value is -1.35. The second-order valence-corrected chi connectivity index (χ2v) is 3.13. The SMILES string of the molecule is CC[C@@H](O)C(=O)NCc1ccccc1. The van der Waals surface area contributed by atoms with E-state index in [1.54, 1.807) is 6.92 Å². The summed E-state index contributed by atoms with van der Waals surface area (Å²) in [6, 6.07) is 9.61. The van der Waals surface area contributed by atoms with Crippen LogP contribution in [0.4, 0.5) is 0 Å². The molecule has 0 bridgehead atoms. The van der Waals surface area contributed by atoms with E-state index >= 15 is 0 Å². The Morgan fingerprint density at radius 1 is 1.43 bits per heavy atom. The molecule has 0 spiro atoms. The number of carbonyl (C=O) groups excluding carboxylic acids is 1. The Balaban J connectivity index is 2.38. The number of benzene rings is 1. The maximum Gasteiger partial charge on any atom is 0.249 e. The number of amides is 1. The fourth-order valence-corrected chi connectivity index (χ4v) is 1.09. The fraction of sp³-hybridized carbons (Fsp3) is 0.364. The van der Waals surface area contributed by atoms with E-state index in [1.165, 1.54) is 0 Å². The van der Waals surface area contributed by atoms with E-state index in [-0.39, 0.29) is 5.91 Å². The molecule has 2 N–H and O–H groups in total. The molecule has 1 amide bonds. The van der Waals surface area contributed by atoms with Crippen LogP contribution in [0.1, 0.15) is 18.9 Å². The zero-order valence-electron chi connectivity index (χ0n) is 8.23. The summed E-state index contributed by atoms with van der Waals surface area (Å²) in [5, 5.41) is 11.9. The third-order valence-corrected chi connectivity index (χ3v) is 2.00. The first-order chi connectivity index (χ1) is 6.74. The smallest absolute Gasteiger partial charge is 0.249 e. The first-order valence-electron chi connectivity index (χ1n) is 4.73. The van der Waals surface area contributed by atoms with Crippen molar-refractivity contribution >= 4 is 5.91 Å². The van der Waals surface area contributed by atoms with Gasteiger partial charge < -0.3 is 10.4 Å². The molecule has 0 radical (unpaired) electrons. The van der Waals surface area contributed by atoms with Gasteiger partial charge in [0.15, 0.2) is 0 Å². The van der Waals surface area contributed by atoms with Crippen LogP contribution in [0.25, 0.3) is 0 Å². The number of hydrogen-bond acceptors (Lipinski definition) is 2. The van der Waals surface area contributed by atoms with Gasteiger partial charge >= 0.3 is 0 Å². The summed E-state index contributed by atoms with van der Waals surface area (Å²) in [7, 11) is 0. The summed E-state index contributed by atoms with van der Waals surface area (Å²) in [5.41, 5.74) is 1.03. The highest BCUT2D eigenvalue weighted by atomic mass is 16.3. The molecular weight excluding hydrogens is 178 g/mol. The van der Waals surface area contributed by atoms with Crippen LogP contribution in [0.2, 0.25) is 0 Å². The van der Waals surface area contributed by atoms with Crippen molar-refractivity contribution in [2.45, 2.75) is 26.0 Å². The van der Waals surface area contributed by atoms with Crippen LogP contribution >= 0.6 is 0 Å². The van der Waals surface area contributed by atoms with Gasteiger partial charge in [-0.15, -0.1) is 0 Å². The van der Waals surface area contributed by atoms with Gasteiger partial charge in [0.25, 0.3) is 0 Å². The third-order valence-electron chi connectivity index (χ3n) is 2.00. The molecule has 0 saturated heterocycles. The van der Waals surface area contributed by atoms with Crippen LogP contribution in [-0.4, -0.2) is 17.1 Å². The molecule has 0 saturated carbocycles. The summed E-state index contributed by atoms with van der Waals surface area (Å²) in [4.78, 5) is 11.2. The predicted molar refractivity (Wildman–Crippen MR) is 54.6 cm³/mol. The summed E-state index contributed by atoms with van der Waals surface area (Å²) in [6.45, 7) is 2.24. The van der Waals surface area contributed by atoms with E-state index in [9.17, 15) is 9.90 Å². The number of hydrogen-bond donors (Lipinski definition) is 2. The van der Waals surface area contributed by atoms with Crippen LogP contribution < -0.4 is 5.32 Å². The Morgan fingerprint density at radius 3 is 2.64 bits per heavy atom. The number of rotatable bonds is 4. The fourth-order valence-electron chi connectivity index (χ4n) is 1.09. The van der Waals surface area contributed by atoms with Gasteiger partial charge in [-0.25, -0.2) is 0 Å². The van der Waals surface area contributed by atoms with Gasteiger partial charge in [0.1, 0.15) is 6.10 Å². The summed E-state index contributed by atoms with van der Waals surface area (Å²) < 4.78 is 0. The standard InChI is InChI=1S/C11H15NO2/c1-2-10(13)11(14)12-8-9-6-4-3-5-7-9/h3-7,10,13H,2,8H2,1H3,(H,12,14)/t10-/m1/s1. The normalized spacial score (nSPS) is 12.1. The second kappa shape index (κ2) is 5.40. The molecule has 0 aliphatic carbocycles. The highest BCUT2D eigenvalue weighted by Gasteiger charge is 2.10. The molecule has 0 aliphatic heterocycles. The Morgan fingerprint density at radius 2 is 2.07 bits per heavy atom. The maximum atomic E-state index is 11.2. The van der Waals surface area contributed by atoms with Gasteiger partial charge in [-0.1, -0.05) is 37.3 Å². The molecule has 0 aliphatic rings. The first-order valence-corrected chi connectivity index (χ1v) is 4.73. The summed E-state index contributed by atoms with van der Waals surface area (Å²) >= 11 is 0. The molecule has 0 unspecified atom stereocenters. The molecular formula is C11H15NO2. The molecule has 0 heterocycles. The molecule has 0 aromatic heterocycles. The van der Waals surface area contributed by atoms with Crippen LogP contribution in [0.5, 0.6) is 0 Å². The minimum absolute atomic E-state index is 0.309. The van der Waals surface area contributed by atoms with Crippen molar-refractivity contribution in [1.82, 2.24) is 5.32 Å². The molecule has 1 aromatic carbocycles. The molecule has 1 rings (SSSR count). The van der Waals surface area contributed by atoms with Crippen molar-refractivity contribution in [2.75, 3.05) is 0 Å². The average molecular weight is 193 g/mol. The highest BCUT2D eigenvalue weighted by Crippen LogP contribution is 1.98. The van der Waals surface area contributed by atoms with E-state index in [0.29, 0.717) is 13.0 Å². The monoisotopic (exact) mass is 193 g/mol. The van der Waals surface area contributed by atoms with Gasteiger partial charge in [-0.05, 0) is 12.0 Å². The molecule has 1 aromatic rings. The predicted octanol–water partition coefficient (Wildman–Crippen LogP) is 1.07. The number of carbonyl (C=O) groups is 1. The second-order valence-electron chi connectivity index (χ2n) is 3.13. The van der Waals surface area contributed by atoms with E-state index in [2.05, 4.69) is 5.32 Å². The molecule has 76 valence electrons. The Labute approximate surface area is 83.8 Å². The number of aliphatic hydroxyl groups is 1. The van der Waals surface area contributed by atoms with E-state index in [0.717, 1.165) is 5.56 Å². The van der Waals surface area contributed by atoms with Crippen LogP contribution in [0.3, 0.4) is 0 Å². The van der Waals surface area contributed by atoms with Gasteiger partial charge in [0.2, 0.25) is 5.91 Å². The minimum Gasteiger partial charge on any atom is -0.383 e. The van der Waals surface area contributed by atoms with Crippen LogP contribution in [-0.2, 0) is 11.3 Å². The Bertz CT molecular complexity index is 285. The van der Waals surface area contributed by atoms with Gasteiger partial charge in [0, 0.05) is 6.54 Å². The quantitative estimate of drug-likeness (QED) is 0.751. The van der Waals surface area contributed by atoms with Crippen molar-refractivity contribution in [3.05, 3.63) is 35.9 Å². The topological polar surface area (TPSA) is 49.3 Å². The minimum atomic E-state index is -0.890. The average Bonchev–Trinajstić information content (AvgIpc) is 2.26. The van der Waals surface area contributed by atoms with Gasteiger partial charge in [0.05, 0.1) is 0 Å². The molecule has 3 nitrogen and oxygen atoms in total. The molecule has 1 atom stereocenters. The number of nitrogens with one attached hydrogen (secondary N) is 1. The van der Waals surface area contributed by atoms with Crippen molar-refractivity contribution in [3.8, 4) is 0 Å². The van der Waals surface area contributed by atoms with Crippen LogP contribution in [0, 0.1) is 0 Å². The van der Waals surface area contributed by atoms with E-state index < -0.39 is 6.10 Å². The van der Waals surface area contributed by atoms with Gasteiger partial charge in [-0.2, -0.15) is 0 Å². The third kappa shape index (κ3) is 3.18. The van der Waals surface area contributed by atoms with E-state index in [4.69, 9.17) is 0 Å². The van der Waals surface area contributed by atoms with Crippen molar-refractivity contribution < 1.29 is 9.90 Å². The summed E-state index contributed by atoms with van der Waals surface area (Å²) in [6.07, 6.45) is -0.445. The van der Waals surface area contributed by atoms with Crippen molar-refractivity contribution in [2.24, 2.45) is 0 Å². The molecule has 0 fully saturated rings. The summed E-state index contributed by atoms with van der Waals surface area (Å²) in [5.74, 6) is -0.309. The zero-order chi connectivity index (χ0) is 10.4. The van der Waals surface area contributed by atoms with Crippen molar-refractivity contribution in [3.63, 3.8) is 0 Å². The zero-order valence-corrected chi connectivity index (χ0v) is 8.23. The lowest BCUT2D eigenvalue weighted by molar-refractivity contribution is -0.129. The lowest BCUT2D eigenvalue weighted by atomic mass is 10.2. The molecule has 14 heavy (non-hydrogen) atoms. The lowest BCUT2D eigenvalue weighted by Crippen LogP contribution is -2.33. The van der Waals surface area contributed by atoms with Gasteiger partial charge in [-0.3, -0.25) is 4.79 Å². The molecule has 3 heteroatoms. The van der Waals surface area contributed by atoms with E-state index in [1.807, 2.05) is 30.3 Å². The number of aliphatic hydroxyl groups excluding tert-OH is 1. The first kappa shape index (κ1) is 10.7. The van der Waals surface area contributed by atoms with Crippen LogP contribution in [0.15, 0.2) is 30.3 Å².